The summed E-state index contributed by atoms with van der Waals surface area (Å²) in [5.74, 6) is -0.0227. The van der Waals surface area contributed by atoms with E-state index < -0.39 is 6.04 Å². The maximum absolute atomic E-state index is 11.9. The molecule has 1 aromatic carbocycles. The molecule has 5 nitrogen and oxygen atoms in total. The van der Waals surface area contributed by atoms with Crippen molar-refractivity contribution in [3.8, 4) is 0 Å². The normalized spacial score (nSPS) is 23.9. The first-order valence-corrected chi connectivity index (χ1v) is 6.68. The number of likely N-dealkylation sites (N-methyl/N-ethyl adjacent to an activating group) is 2. The zero-order chi connectivity index (χ0) is 13.6. The molecular weight excluding hydrogens is 240 g/mol. The van der Waals surface area contributed by atoms with E-state index >= 15 is 0 Å². The highest BCUT2D eigenvalue weighted by Gasteiger charge is 2.32. The second-order valence-corrected chi connectivity index (χ2v) is 5.41. The third-order valence-electron chi connectivity index (χ3n) is 4.18. The first-order valence-electron chi connectivity index (χ1n) is 6.68. The Bertz CT molecular complexity index is 508. The fraction of sp³-hybridized carbons (Fsp3) is 0.500. The number of nitrogens with zero attached hydrogens (tertiary/aromatic N) is 3. The van der Waals surface area contributed by atoms with Gasteiger partial charge in [-0.05, 0) is 19.2 Å². The van der Waals surface area contributed by atoms with Gasteiger partial charge >= 0.3 is 0 Å². The lowest BCUT2D eigenvalue weighted by Gasteiger charge is -2.34. The number of carbonyl (C=O) groups is 1. The minimum absolute atomic E-state index is 0.0227. The Morgan fingerprint density at radius 2 is 1.84 bits per heavy atom. The molecular formula is C14H20N4O. The largest absolute Gasteiger partial charge is 0.369 e. The Morgan fingerprint density at radius 1 is 1.16 bits per heavy atom. The van der Waals surface area contributed by atoms with Crippen LogP contribution in [0.3, 0.4) is 0 Å². The van der Waals surface area contributed by atoms with Gasteiger partial charge in [-0.25, -0.2) is 0 Å². The fourth-order valence-electron chi connectivity index (χ4n) is 2.81. The van der Waals surface area contributed by atoms with E-state index in [2.05, 4.69) is 29.0 Å². The SMILES string of the molecule is CN1CCN(c2ccc3c(c2)N(C)C(=O)C3N)CC1. The first kappa shape index (κ1) is 12.4. The second kappa shape index (κ2) is 4.51. The van der Waals surface area contributed by atoms with Crippen molar-refractivity contribution in [3.63, 3.8) is 0 Å². The van der Waals surface area contributed by atoms with Crippen molar-refractivity contribution in [3.05, 3.63) is 23.8 Å². The van der Waals surface area contributed by atoms with Crippen molar-refractivity contribution < 1.29 is 4.79 Å². The summed E-state index contributed by atoms with van der Waals surface area (Å²) in [6.45, 7) is 4.20. The Kier molecular flexibility index (Phi) is 2.95. The van der Waals surface area contributed by atoms with Crippen LogP contribution in [0.25, 0.3) is 0 Å². The molecule has 5 heteroatoms. The number of fused-ring (bicyclic) bond motifs is 1. The van der Waals surface area contributed by atoms with Gasteiger partial charge in [-0.3, -0.25) is 4.79 Å². The van der Waals surface area contributed by atoms with Crippen LogP contribution in [0.15, 0.2) is 18.2 Å². The number of amides is 1. The number of carbonyl (C=O) groups excluding carboxylic acids is 1. The summed E-state index contributed by atoms with van der Waals surface area (Å²) >= 11 is 0. The summed E-state index contributed by atoms with van der Waals surface area (Å²) in [5, 5.41) is 0. The quantitative estimate of drug-likeness (QED) is 0.795. The van der Waals surface area contributed by atoms with E-state index in [9.17, 15) is 4.79 Å². The number of hydrogen-bond donors (Lipinski definition) is 1. The molecule has 0 radical (unpaired) electrons. The van der Waals surface area contributed by atoms with Crippen LogP contribution in [0.2, 0.25) is 0 Å². The van der Waals surface area contributed by atoms with Crippen LogP contribution in [0.5, 0.6) is 0 Å². The molecule has 2 heterocycles. The Labute approximate surface area is 113 Å². The number of nitrogens with two attached hydrogens (primary N) is 1. The third-order valence-corrected chi connectivity index (χ3v) is 4.18. The molecule has 1 saturated heterocycles. The van der Waals surface area contributed by atoms with E-state index in [1.54, 1.807) is 11.9 Å². The average Bonchev–Trinajstić information content (AvgIpc) is 2.64. The van der Waals surface area contributed by atoms with Crippen molar-refractivity contribution in [1.29, 1.82) is 0 Å². The fourth-order valence-corrected chi connectivity index (χ4v) is 2.81. The highest BCUT2D eigenvalue weighted by molar-refractivity contribution is 6.04. The zero-order valence-corrected chi connectivity index (χ0v) is 11.5. The Hall–Kier alpha value is -1.59. The Balaban J connectivity index is 1.88. The molecule has 19 heavy (non-hydrogen) atoms. The van der Waals surface area contributed by atoms with Crippen LogP contribution in [0, 0.1) is 0 Å². The lowest BCUT2D eigenvalue weighted by Crippen LogP contribution is -2.44. The smallest absolute Gasteiger partial charge is 0.248 e. The van der Waals surface area contributed by atoms with Gasteiger partial charge in [-0.1, -0.05) is 6.07 Å². The summed E-state index contributed by atoms with van der Waals surface area (Å²) in [7, 11) is 3.94. The molecule has 1 amide bonds. The third kappa shape index (κ3) is 1.99. The molecule has 1 fully saturated rings. The maximum atomic E-state index is 11.9. The van der Waals surface area contributed by atoms with E-state index in [0.717, 1.165) is 37.4 Å². The van der Waals surface area contributed by atoms with Crippen LogP contribution in [-0.4, -0.2) is 51.1 Å². The van der Waals surface area contributed by atoms with Gasteiger partial charge < -0.3 is 20.4 Å². The van der Waals surface area contributed by atoms with Crippen LogP contribution < -0.4 is 15.5 Å². The van der Waals surface area contributed by atoms with E-state index in [0.29, 0.717) is 0 Å². The van der Waals surface area contributed by atoms with E-state index in [4.69, 9.17) is 5.73 Å². The van der Waals surface area contributed by atoms with Gasteiger partial charge in [0, 0.05) is 44.5 Å². The van der Waals surface area contributed by atoms with Crippen molar-refractivity contribution >= 4 is 17.3 Å². The molecule has 0 aliphatic carbocycles. The molecule has 1 unspecified atom stereocenters. The van der Waals surface area contributed by atoms with Crippen molar-refractivity contribution in [2.45, 2.75) is 6.04 Å². The zero-order valence-electron chi connectivity index (χ0n) is 11.5. The molecule has 3 rings (SSSR count). The molecule has 1 atom stereocenters. The van der Waals surface area contributed by atoms with Gasteiger partial charge in [-0.2, -0.15) is 0 Å². The van der Waals surface area contributed by atoms with Gasteiger partial charge in [0.1, 0.15) is 6.04 Å². The minimum atomic E-state index is -0.499. The predicted octanol–water partition coefficient (Wildman–Crippen LogP) is 0.415. The molecule has 2 aliphatic heterocycles. The van der Waals surface area contributed by atoms with Crippen molar-refractivity contribution in [2.24, 2.45) is 5.73 Å². The maximum Gasteiger partial charge on any atom is 0.248 e. The highest BCUT2D eigenvalue weighted by Crippen LogP contribution is 2.36. The van der Waals surface area contributed by atoms with E-state index in [1.165, 1.54) is 5.69 Å². The van der Waals surface area contributed by atoms with Gasteiger partial charge in [0.05, 0.1) is 5.69 Å². The molecule has 0 saturated carbocycles. The van der Waals surface area contributed by atoms with Gasteiger partial charge in [-0.15, -0.1) is 0 Å². The van der Waals surface area contributed by atoms with E-state index in [-0.39, 0.29) is 5.91 Å². The van der Waals surface area contributed by atoms with Crippen LogP contribution in [-0.2, 0) is 4.79 Å². The molecule has 102 valence electrons. The van der Waals surface area contributed by atoms with Crippen LogP contribution in [0.4, 0.5) is 11.4 Å². The lowest BCUT2D eigenvalue weighted by molar-refractivity contribution is -0.118. The molecule has 0 spiro atoms. The van der Waals surface area contributed by atoms with Gasteiger partial charge in [0.2, 0.25) is 5.91 Å². The second-order valence-electron chi connectivity index (χ2n) is 5.41. The van der Waals surface area contributed by atoms with Gasteiger partial charge in [0.25, 0.3) is 0 Å². The Morgan fingerprint density at radius 3 is 2.53 bits per heavy atom. The monoisotopic (exact) mass is 260 g/mol. The summed E-state index contributed by atoms with van der Waals surface area (Å²) in [6.07, 6.45) is 0. The molecule has 1 aromatic rings. The summed E-state index contributed by atoms with van der Waals surface area (Å²) in [5.41, 5.74) is 8.98. The number of benzene rings is 1. The van der Waals surface area contributed by atoms with Crippen molar-refractivity contribution in [2.75, 3.05) is 50.1 Å². The standard InChI is InChI=1S/C14H20N4O/c1-16-5-7-18(8-6-16)10-3-4-11-12(9-10)17(2)14(19)13(11)15/h3-4,9,13H,5-8,15H2,1-2H3. The minimum Gasteiger partial charge on any atom is -0.369 e. The van der Waals surface area contributed by atoms with Crippen LogP contribution >= 0.6 is 0 Å². The average molecular weight is 260 g/mol. The lowest BCUT2D eigenvalue weighted by atomic mass is 10.1. The number of piperazine rings is 1. The van der Waals surface area contributed by atoms with Crippen molar-refractivity contribution in [1.82, 2.24) is 4.90 Å². The number of rotatable bonds is 1. The molecule has 2 aliphatic rings. The molecule has 2 N–H and O–H groups in total. The number of anilines is 2. The molecule has 0 bridgehead atoms. The topological polar surface area (TPSA) is 52.8 Å². The molecule has 0 aromatic heterocycles. The van der Waals surface area contributed by atoms with E-state index in [1.807, 2.05) is 6.07 Å². The predicted molar refractivity (Wildman–Crippen MR) is 76.5 cm³/mol. The highest BCUT2D eigenvalue weighted by atomic mass is 16.2. The first-order chi connectivity index (χ1) is 9.08. The van der Waals surface area contributed by atoms with Crippen LogP contribution in [0.1, 0.15) is 11.6 Å². The number of hydrogen-bond acceptors (Lipinski definition) is 4. The summed E-state index contributed by atoms with van der Waals surface area (Å²) in [4.78, 5) is 18.2. The summed E-state index contributed by atoms with van der Waals surface area (Å²) in [6, 6.07) is 5.67. The summed E-state index contributed by atoms with van der Waals surface area (Å²) < 4.78 is 0. The van der Waals surface area contributed by atoms with Gasteiger partial charge in [0.15, 0.2) is 0 Å².